The molecule has 0 aromatic heterocycles. The highest BCUT2D eigenvalue weighted by molar-refractivity contribution is 5.49. The Morgan fingerprint density at radius 1 is 1.16 bits per heavy atom. The van der Waals surface area contributed by atoms with E-state index in [0.29, 0.717) is 18.1 Å². The molecule has 0 spiro atoms. The molecule has 1 heterocycles. The van der Waals surface area contributed by atoms with Crippen LogP contribution in [0.3, 0.4) is 0 Å². The third kappa shape index (κ3) is 7.79. The maximum absolute atomic E-state index is 5.98. The van der Waals surface area contributed by atoms with Crippen molar-refractivity contribution < 1.29 is 6.16 Å². The van der Waals surface area contributed by atoms with Crippen molar-refractivity contribution in [1.82, 2.24) is 5.32 Å². The van der Waals surface area contributed by atoms with Crippen LogP contribution in [0.5, 0.6) is 0 Å². The number of anilines is 1. The molecule has 0 amide bonds. The monoisotopic (exact) mass is 350 g/mol. The molecular formula is C22H42N2O. The lowest BCUT2D eigenvalue weighted by atomic mass is 10.0. The normalized spacial score (nSPS) is 18.9. The molecule has 25 heavy (non-hydrogen) atoms. The first-order chi connectivity index (χ1) is 11.7. The van der Waals surface area contributed by atoms with Gasteiger partial charge >= 0.3 is 0 Å². The summed E-state index contributed by atoms with van der Waals surface area (Å²) in [6, 6.07) is 9.37. The van der Waals surface area contributed by atoms with Gasteiger partial charge in [-0.1, -0.05) is 39.8 Å². The van der Waals surface area contributed by atoms with Crippen LogP contribution >= 0.6 is 0 Å². The molecule has 1 unspecified atom stereocenters. The first-order valence-corrected chi connectivity index (χ1v) is 9.99. The summed E-state index contributed by atoms with van der Waals surface area (Å²) in [6.07, 6.45) is 1.52. The highest BCUT2D eigenvalue weighted by Crippen LogP contribution is 2.25. The third-order valence-corrected chi connectivity index (χ3v) is 4.22. The molecule has 3 nitrogen and oxygen atoms in total. The van der Waals surface area contributed by atoms with Gasteiger partial charge in [-0.25, -0.2) is 0 Å². The molecule has 1 N–H and O–H groups in total. The van der Waals surface area contributed by atoms with Gasteiger partial charge in [0.1, 0.15) is 0 Å². The van der Waals surface area contributed by atoms with Crippen LogP contribution in [-0.4, -0.2) is 31.3 Å². The lowest BCUT2D eigenvalue weighted by Gasteiger charge is -2.27. The zero-order valence-corrected chi connectivity index (χ0v) is 17.7. The van der Waals surface area contributed by atoms with Crippen molar-refractivity contribution in [3.05, 3.63) is 29.8 Å². The van der Waals surface area contributed by atoms with Gasteiger partial charge in [-0.3, -0.25) is 0 Å². The van der Waals surface area contributed by atoms with Crippen molar-refractivity contribution in [3.8, 4) is 0 Å². The molecule has 0 saturated carbocycles. The highest BCUT2D eigenvalue weighted by Gasteiger charge is 2.23. The van der Waals surface area contributed by atoms with Gasteiger partial charge in [-0.05, 0) is 57.7 Å². The predicted octanol–water partition coefficient (Wildman–Crippen LogP) is 5.66. The van der Waals surface area contributed by atoms with Crippen LogP contribution in [0, 0.1) is 5.92 Å². The van der Waals surface area contributed by atoms with Crippen LogP contribution in [0.25, 0.3) is 0 Å². The summed E-state index contributed by atoms with van der Waals surface area (Å²) in [6.45, 7) is 20.2. The third-order valence-electron chi connectivity index (χ3n) is 4.22. The van der Waals surface area contributed by atoms with E-state index in [4.69, 9.17) is 4.74 Å². The zero-order chi connectivity index (χ0) is 19.0. The van der Waals surface area contributed by atoms with Crippen molar-refractivity contribution >= 4 is 5.69 Å². The summed E-state index contributed by atoms with van der Waals surface area (Å²) >= 11 is 0. The second-order valence-electron chi connectivity index (χ2n) is 8.29. The van der Waals surface area contributed by atoms with Crippen LogP contribution in [-0.2, 0) is 4.74 Å². The summed E-state index contributed by atoms with van der Waals surface area (Å²) in [5, 5.41) is 3.63. The van der Waals surface area contributed by atoms with Crippen LogP contribution in [0.4, 0.5) is 5.69 Å². The number of nitrogens with zero attached hydrogens (tertiary/aromatic N) is 1. The Hall–Kier alpha value is -1.06. The predicted molar refractivity (Wildman–Crippen MR) is 113 cm³/mol. The summed E-state index contributed by atoms with van der Waals surface area (Å²) in [5.41, 5.74) is 2.79. The average Bonchev–Trinajstić information content (AvgIpc) is 3.02. The minimum Gasteiger partial charge on any atom is -0.376 e. The first-order valence-electron chi connectivity index (χ1n) is 9.99. The van der Waals surface area contributed by atoms with Gasteiger partial charge in [-0.2, -0.15) is 0 Å². The first kappa shape index (κ1) is 22.0. The van der Waals surface area contributed by atoms with E-state index in [9.17, 15) is 0 Å². The quantitative estimate of drug-likeness (QED) is 0.716. The summed E-state index contributed by atoms with van der Waals surface area (Å²) in [4.78, 5) is 2.44. The van der Waals surface area contributed by atoms with Crippen molar-refractivity contribution in [2.45, 2.75) is 79.5 Å². The maximum atomic E-state index is 5.98. The molecular weight excluding hydrogens is 308 g/mol. The van der Waals surface area contributed by atoms with E-state index in [0.717, 1.165) is 26.1 Å². The number of nitrogens with one attached hydrogen (secondary N) is 1. The second kappa shape index (κ2) is 10.2. The molecule has 3 heteroatoms. The molecule has 0 bridgehead atoms. The molecule has 2 atom stereocenters. The van der Waals surface area contributed by atoms with Crippen LogP contribution in [0.2, 0.25) is 0 Å². The maximum Gasteiger partial charge on any atom is 0.0766 e. The average molecular weight is 351 g/mol. The molecule has 0 aliphatic carbocycles. The molecule has 146 valence electrons. The minimum absolute atomic E-state index is 0. The van der Waals surface area contributed by atoms with E-state index < -0.39 is 0 Å². The molecule has 1 saturated heterocycles. The van der Waals surface area contributed by atoms with Gasteiger partial charge < -0.3 is 15.0 Å². The number of rotatable bonds is 6. The second-order valence-corrected chi connectivity index (χ2v) is 8.29. The molecule has 0 radical (unpaired) electrons. The fourth-order valence-corrected chi connectivity index (χ4v) is 3.13. The van der Waals surface area contributed by atoms with Crippen LogP contribution < -0.4 is 10.2 Å². The highest BCUT2D eigenvalue weighted by atomic mass is 16.5. The topological polar surface area (TPSA) is 24.5 Å². The number of benzene rings is 1. The summed E-state index contributed by atoms with van der Waals surface area (Å²) in [5.74, 6) is 0.611. The number of ether oxygens (including phenoxy) is 1. The lowest BCUT2D eigenvalue weighted by Crippen LogP contribution is -2.37. The molecule has 2 rings (SSSR count). The van der Waals surface area contributed by atoms with E-state index in [-0.39, 0.29) is 6.97 Å². The molecule has 1 aromatic carbocycles. The lowest BCUT2D eigenvalue weighted by molar-refractivity contribution is 0.0497. The largest absolute Gasteiger partial charge is 0.376 e. The Bertz CT molecular complexity index is 482. The van der Waals surface area contributed by atoms with Crippen molar-refractivity contribution in [1.29, 1.82) is 0 Å². The number of hydrogen-bond acceptors (Lipinski definition) is 3. The summed E-state index contributed by atoms with van der Waals surface area (Å²) < 4.78 is 5.98. The zero-order valence-electron chi connectivity index (χ0n) is 17.7. The van der Waals surface area contributed by atoms with Crippen molar-refractivity contribution in [2.24, 2.45) is 5.92 Å². The van der Waals surface area contributed by atoms with Crippen LogP contribution in [0.15, 0.2) is 24.3 Å². The van der Waals surface area contributed by atoms with E-state index in [1.165, 1.54) is 11.3 Å². The van der Waals surface area contributed by atoms with Crippen LogP contribution in [0.1, 0.15) is 74.8 Å². The van der Waals surface area contributed by atoms with E-state index >= 15 is 0 Å². The van der Waals surface area contributed by atoms with E-state index in [1.54, 1.807) is 0 Å². The Balaban J connectivity index is 0.00000201. The Morgan fingerprint density at radius 2 is 1.76 bits per heavy atom. The smallest absolute Gasteiger partial charge is 0.0766 e. The molecule has 1 aliphatic heterocycles. The molecule has 1 aromatic rings. The van der Waals surface area contributed by atoms with Gasteiger partial charge in [0.15, 0.2) is 0 Å². The van der Waals surface area contributed by atoms with E-state index in [2.05, 4.69) is 76.0 Å². The Kier molecular flexibility index (Phi) is 8.95. The van der Waals surface area contributed by atoms with E-state index in [1.807, 2.05) is 13.8 Å². The summed E-state index contributed by atoms with van der Waals surface area (Å²) in [7, 11) is 0. The Morgan fingerprint density at radius 3 is 2.28 bits per heavy atom. The van der Waals surface area contributed by atoms with Crippen molar-refractivity contribution in [2.75, 3.05) is 24.6 Å². The minimum atomic E-state index is 0. The number of hydrogen-bond donors (Lipinski definition) is 1. The van der Waals surface area contributed by atoms with Crippen molar-refractivity contribution in [3.63, 3.8) is 0 Å². The molecule has 1 fully saturated rings. The van der Waals surface area contributed by atoms with Gasteiger partial charge in [0.2, 0.25) is 0 Å². The molecule has 1 aliphatic rings. The fourth-order valence-electron chi connectivity index (χ4n) is 3.13. The SMILES string of the molecule is CC.CC(C)CO[C@H]1CCN(c2ccc(C(C)NC(C)(C)C)cc2)C1.[HH]. The fraction of sp³-hybridized carbons (Fsp3) is 0.727. The van der Waals surface area contributed by atoms with Gasteiger partial charge in [0.25, 0.3) is 0 Å². The van der Waals surface area contributed by atoms with Gasteiger partial charge in [0, 0.05) is 38.4 Å². The Labute approximate surface area is 157 Å². The standard InChI is InChI=1S/C20H34N2O.C2H6.H2/c1-15(2)14-23-19-11-12-22(13-19)18-9-7-17(8-10-18)16(3)21-20(4,5)6;1-2;/h7-10,15-16,19,21H,11-14H2,1-6H3;1-2H3;1H/t16?,19-;;/m0../s1. The van der Waals surface area contributed by atoms with Gasteiger partial charge in [0.05, 0.1) is 6.10 Å². The van der Waals surface area contributed by atoms with Gasteiger partial charge in [-0.15, -0.1) is 0 Å².